The first-order valence-corrected chi connectivity index (χ1v) is 5.53. The monoisotopic (exact) mass is 204 g/mol. The predicted octanol–water partition coefficient (Wildman–Crippen LogP) is 2.20. The van der Waals surface area contributed by atoms with Crippen molar-refractivity contribution in [2.75, 3.05) is 0 Å². The first kappa shape index (κ1) is 10.4. The zero-order valence-corrected chi connectivity index (χ0v) is 8.94. The third-order valence-electron chi connectivity index (χ3n) is 2.98. The lowest BCUT2D eigenvalue weighted by molar-refractivity contribution is 0.0704. The van der Waals surface area contributed by atoms with Gasteiger partial charge in [-0.3, -0.25) is 4.79 Å². The molecule has 0 spiro atoms. The van der Waals surface area contributed by atoms with E-state index in [9.17, 15) is 9.90 Å². The van der Waals surface area contributed by atoms with Crippen LogP contribution in [-0.4, -0.2) is 17.0 Å². The summed E-state index contributed by atoms with van der Waals surface area (Å²) in [6, 6.07) is 7.53. The number of aliphatic hydroxyl groups is 1. The number of ketones is 1. The standard InChI is InChI=1S/C13H16O2/c1-2-9-3-5-10(6-4-9)12(14)13(15)11-7-8-11/h3-6,11,13,15H,2,7-8H2,1H3. The highest BCUT2D eigenvalue weighted by Gasteiger charge is 2.34. The van der Waals surface area contributed by atoms with Gasteiger partial charge in [0.25, 0.3) is 0 Å². The van der Waals surface area contributed by atoms with Gasteiger partial charge in [0.2, 0.25) is 0 Å². The van der Waals surface area contributed by atoms with Crippen LogP contribution in [0.3, 0.4) is 0 Å². The van der Waals surface area contributed by atoms with Crippen molar-refractivity contribution in [3.63, 3.8) is 0 Å². The van der Waals surface area contributed by atoms with Gasteiger partial charge in [-0.15, -0.1) is 0 Å². The Morgan fingerprint density at radius 1 is 1.40 bits per heavy atom. The van der Waals surface area contributed by atoms with Crippen LogP contribution in [0.4, 0.5) is 0 Å². The van der Waals surface area contributed by atoms with Gasteiger partial charge in [0.05, 0.1) is 0 Å². The highest BCUT2D eigenvalue weighted by molar-refractivity contribution is 5.99. The molecule has 2 rings (SSSR count). The number of aryl methyl sites for hydroxylation is 1. The maximum absolute atomic E-state index is 11.8. The van der Waals surface area contributed by atoms with Gasteiger partial charge in [-0.25, -0.2) is 0 Å². The van der Waals surface area contributed by atoms with E-state index in [1.807, 2.05) is 24.3 Å². The molecule has 1 unspecified atom stereocenters. The number of rotatable bonds is 4. The van der Waals surface area contributed by atoms with Gasteiger partial charge in [0.15, 0.2) is 5.78 Å². The second kappa shape index (κ2) is 4.15. The summed E-state index contributed by atoms with van der Waals surface area (Å²) in [6.07, 6.45) is 2.16. The van der Waals surface area contributed by atoms with E-state index in [2.05, 4.69) is 6.92 Å². The summed E-state index contributed by atoms with van der Waals surface area (Å²) < 4.78 is 0. The van der Waals surface area contributed by atoms with Gasteiger partial charge in [-0.2, -0.15) is 0 Å². The van der Waals surface area contributed by atoms with Crippen molar-refractivity contribution in [1.82, 2.24) is 0 Å². The van der Waals surface area contributed by atoms with Crippen molar-refractivity contribution in [2.24, 2.45) is 5.92 Å². The van der Waals surface area contributed by atoms with Crippen molar-refractivity contribution in [1.29, 1.82) is 0 Å². The Kier molecular flexibility index (Phi) is 2.87. The quantitative estimate of drug-likeness (QED) is 0.763. The van der Waals surface area contributed by atoms with Crippen molar-refractivity contribution in [2.45, 2.75) is 32.3 Å². The average Bonchev–Trinajstić information content (AvgIpc) is 3.11. The summed E-state index contributed by atoms with van der Waals surface area (Å²) in [5.41, 5.74) is 1.85. The molecule has 1 aromatic rings. The molecule has 1 aromatic carbocycles. The molecule has 1 aliphatic carbocycles. The first-order chi connectivity index (χ1) is 7.22. The molecule has 1 N–H and O–H groups in total. The third kappa shape index (κ3) is 2.26. The van der Waals surface area contributed by atoms with E-state index in [0.717, 1.165) is 19.3 Å². The van der Waals surface area contributed by atoms with Crippen LogP contribution in [0.2, 0.25) is 0 Å². The molecule has 2 heteroatoms. The van der Waals surface area contributed by atoms with E-state index in [0.29, 0.717) is 5.56 Å². The fourth-order valence-electron chi connectivity index (χ4n) is 1.70. The molecule has 2 nitrogen and oxygen atoms in total. The number of Topliss-reactive ketones (excluding diaryl/α,β-unsaturated/α-hetero) is 1. The lowest BCUT2D eigenvalue weighted by Gasteiger charge is -2.08. The molecular weight excluding hydrogens is 188 g/mol. The summed E-state index contributed by atoms with van der Waals surface area (Å²) in [6.45, 7) is 2.08. The maximum Gasteiger partial charge on any atom is 0.191 e. The minimum atomic E-state index is -0.780. The summed E-state index contributed by atoms with van der Waals surface area (Å²) in [7, 11) is 0. The number of aliphatic hydroxyl groups excluding tert-OH is 1. The Balaban J connectivity index is 2.10. The Labute approximate surface area is 89.9 Å². The molecule has 0 saturated heterocycles. The molecule has 15 heavy (non-hydrogen) atoms. The van der Waals surface area contributed by atoms with Crippen molar-refractivity contribution >= 4 is 5.78 Å². The van der Waals surface area contributed by atoms with Gasteiger partial charge in [0.1, 0.15) is 6.10 Å². The smallest absolute Gasteiger partial charge is 0.191 e. The largest absolute Gasteiger partial charge is 0.385 e. The number of benzene rings is 1. The minimum absolute atomic E-state index is 0.125. The fraction of sp³-hybridized carbons (Fsp3) is 0.462. The van der Waals surface area contributed by atoms with Crippen LogP contribution in [0, 0.1) is 5.92 Å². The van der Waals surface area contributed by atoms with Crippen LogP contribution >= 0.6 is 0 Å². The van der Waals surface area contributed by atoms with Crippen molar-refractivity contribution in [3.8, 4) is 0 Å². The summed E-state index contributed by atoms with van der Waals surface area (Å²) in [5, 5.41) is 9.69. The van der Waals surface area contributed by atoms with Gasteiger partial charge >= 0.3 is 0 Å². The molecular formula is C13H16O2. The molecule has 0 aliphatic heterocycles. The second-order valence-corrected chi connectivity index (χ2v) is 4.20. The second-order valence-electron chi connectivity index (χ2n) is 4.20. The molecule has 1 aliphatic rings. The molecule has 1 fully saturated rings. The highest BCUT2D eigenvalue weighted by atomic mass is 16.3. The van der Waals surface area contributed by atoms with Crippen LogP contribution in [0.1, 0.15) is 35.7 Å². The van der Waals surface area contributed by atoms with E-state index in [-0.39, 0.29) is 11.7 Å². The van der Waals surface area contributed by atoms with Gasteiger partial charge < -0.3 is 5.11 Å². The molecule has 1 saturated carbocycles. The Bertz CT molecular complexity index is 349. The highest BCUT2D eigenvalue weighted by Crippen LogP contribution is 2.33. The van der Waals surface area contributed by atoms with E-state index in [1.54, 1.807) is 0 Å². The van der Waals surface area contributed by atoms with Crippen LogP contribution in [-0.2, 0) is 6.42 Å². The topological polar surface area (TPSA) is 37.3 Å². The summed E-state index contributed by atoms with van der Waals surface area (Å²) >= 11 is 0. The van der Waals surface area contributed by atoms with Crippen molar-refractivity contribution in [3.05, 3.63) is 35.4 Å². The van der Waals surface area contributed by atoms with Gasteiger partial charge in [0, 0.05) is 5.56 Å². The van der Waals surface area contributed by atoms with E-state index in [1.165, 1.54) is 5.56 Å². The molecule has 0 aromatic heterocycles. The average molecular weight is 204 g/mol. The normalized spacial score (nSPS) is 17.5. The molecule has 0 amide bonds. The Morgan fingerprint density at radius 2 is 2.00 bits per heavy atom. The van der Waals surface area contributed by atoms with Crippen molar-refractivity contribution < 1.29 is 9.90 Å². The minimum Gasteiger partial charge on any atom is -0.385 e. The third-order valence-corrected chi connectivity index (χ3v) is 2.98. The fourth-order valence-corrected chi connectivity index (χ4v) is 1.70. The first-order valence-electron chi connectivity index (χ1n) is 5.53. The lowest BCUT2D eigenvalue weighted by atomic mass is 10.0. The number of hydrogen-bond donors (Lipinski definition) is 1. The predicted molar refractivity (Wildman–Crippen MR) is 58.9 cm³/mol. The van der Waals surface area contributed by atoms with Crippen LogP contribution in [0.5, 0.6) is 0 Å². The molecule has 0 radical (unpaired) electrons. The molecule has 0 bridgehead atoms. The number of carbonyl (C=O) groups is 1. The summed E-state index contributed by atoms with van der Waals surface area (Å²) in [5.74, 6) is 0.0866. The van der Waals surface area contributed by atoms with E-state index in [4.69, 9.17) is 0 Å². The Hall–Kier alpha value is -1.15. The zero-order chi connectivity index (χ0) is 10.8. The lowest BCUT2D eigenvalue weighted by Crippen LogP contribution is -2.22. The molecule has 0 heterocycles. The SMILES string of the molecule is CCc1ccc(C(=O)C(O)C2CC2)cc1. The number of carbonyl (C=O) groups excluding carboxylic acids is 1. The Morgan fingerprint density at radius 3 is 2.47 bits per heavy atom. The number of hydrogen-bond acceptors (Lipinski definition) is 2. The van der Waals surface area contributed by atoms with Crippen LogP contribution in [0.25, 0.3) is 0 Å². The van der Waals surface area contributed by atoms with E-state index < -0.39 is 6.10 Å². The maximum atomic E-state index is 11.8. The zero-order valence-electron chi connectivity index (χ0n) is 8.94. The van der Waals surface area contributed by atoms with Crippen LogP contribution in [0.15, 0.2) is 24.3 Å². The van der Waals surface area contributed by atoms with Gasteiger partial charge in [-0.1, -0.05) is 31.2 Å². The van der Waals surface area contributed by atoms with E-state index >= 15 is 0 Å². The molecule has 80 valence electrons. The van der Waals surface area contributed by atoms with Crippen LogP contribution < -0.4 is 0 Å². The summed E-state index contributed by atoms with van der Waals surface area (Å²) in [4.78, 5) is 11.8. The van der Waals surface area contributed by atoms with Gasteiger partial charge in [-0.05, 0) is 30.7 Å². The molecule has 1 atom stereocenters.